The predicted molar refractivity (Wildman–Crippen MR) is 88.4 cm³/mol. The van der Waals surface area contributed by atoms with Gasteiger partial charge in [-0.3, -0.25) is 4.79 Å². The third-order valence-electron chi connectivity index (χ3n) is 4.86. The van der Waals surface area contributed by atoms with Crippen molar-refractivity contribution in [2.75, 3.05) is 13.2 Å². The molecule has 2 aliphatic rings. The lowest BCUT2D eigenvalue weighted by Gasteiger charge is -2.36. The van der Waals surface area contributed by atoms with Crippen molar-refractivity contribution in [2.24, 2.45) is 5.92 Å². The van der Waals surface area contributed by atoms with Crippen LogP contribution in [0.1, 0.15) is 43.6 Å². The van der Waals surface area contributed by atoms with E-state index in [1.807, 2.05) is 17.0 Å². The summed E-state index contributed by atoms with van der Waals surface area (Å²) in [6.45, 7) is 0.957. The number of piperidine rings is 1. The zero-order valence-electron chi connectivity index (χ0n) is 12.5. The maximum Gasteiger partial charge on any atom is 0.226 e. The molecule has 0 radical (unpaired) electrons. The van der Waals surface area contributed by atoms with E-state index in [-0.39, 0.29) is 30.4 Å². The van der Waals surface area contributed by atoms with Crippen LogP contribution in [-0.4, -0.2) is 35.1 Å². The molecule has 3 rings (SSSR count). The highest BCUT2D eigenvalue weighted by Crippen LogP contribution is 2.51. The lowest BCUT2D eigenvalue weighted by molar-refractivity contribution is -0.136. The Kier molecular flexibility index (Phi) is 4.96. The molecule has 2 fully saturated rings. The monoisotopic (exact) mass is 341 g/mol. The smallest absolute Gasteiger partial charge is 0.226 e. The summed E-state index contributed by atoms with van der Waals surface area (Å²) in [4.78, 5) is 14.8. The Morgan fingerprint density at radius 2 is 2.14 bits per heavy atom. The fraction of sp³-hybridized carbons (Fsp3) is 0.588. The first-order valence-electron chi connectivity index (χ1n) is 7.98. The average Bonchev–Trinajstić information content (AvgIpc) is 3.31. The first-order valence-corrected chi connectivity index (χ1v) is 8.74. The maximum atomic E-state index is 12.8. The number of halogens is 2. The fourth-order valence-corrected chi connectivity index (χ4v) is 4.02. The number of aliphatic hydroxyl groups excluding tert-OH is 1. The molecule has 120 valence electrons. The van der Waals surface area contributed by atoms with Crippen molar-refractivity contribution in [1.82, 2.24) is 4.90 Å². The molecule has 5 heteroatoms. The quantitative estimate of drug-likeness (QED) is 0.903. The minimum absolute atomic E-state index is 0.0234. The van der Waals surface area contributed by atoms with Crippen LogP contribution in [0.5, 0.6) is 0 Å². The molecule has 1 aromatic carbocycles. The van der Waals surface area contributed by atoms with Gasteiger partial charge in [0, 0.05) is 25.1 Å². The number of carbonyl (C=O) groups is 1. The van der Waals surface area contributed by atoms with Crippen molar-refractivity contribution in [3.05, 3.63) is 33.8 Å². The lowest BCUT2D eigenvalue weighted by atomic mass is 9.98. The van der Waals surface area contributed by atoms with Crippen molar-refractivity contribution in [3.63, 3.8) is 0 Å². The molecule has 22 heavy (non-hydrogen) atoms. The van der Waals surface area contributed by atoms with Crippen molar-refractivity contribution in [2.45, 2.75) is 44.1 Å². The summed E-state index contributed by atoms with van der Waals surface area (Å²) in [6, 6.07) is 5.82. The Morgan fingerprint density at radius 3 is 2.91 bits per heavy atom. The molecule has 1 aliphatic carbocycles. The van der Waals surface area contributed by atoms with Crippen molar-refractivity contribution >= 4 is 29.1 Å². The van der Waals surface area contributed by atoms with Gasteiger partial charge in [0.05, 0.1) is 10.0 Å². The van der Waals surface area contributed by atoms with Crippen LogP contribution in [0, 0.1) is 5.92 Å². The summed E-state index contributed by atoms with van der Waals surface area (Å²) in [5.41, 5.74) is 0.989. The Morgan fingerprint density at radius 1 is 1.32 bits per heavy atom. The summed E-state index contributed by atoms with van der Waals surface area (Å²) >= 11 is 12.3. The van der Waals surface area contributed by atoms with E-state index in [2.05, 4.69) is 0 Å². The molecule has 1 saturated carbocycles. The molecule has 1 N–H and O–H groups in total. The predicted octanol–water partition coefficient (Wildman–Crippen LogP) is 3.86. The number of amides is 1. The topological polar surface area (TPSA) is 40.5 Å². The number of likely N-dealkylation sites (tertiary alicyclic amines) is 1. The first kappa shape index (κ1) is 16.1. The molecule has 1 aliphatic heterocycles. The van der Waals surface area contributed by atoms with Gasteiger partial charge in [-0.1, -0.05) is 35.3 Å². The fourth-order valence-electron chi connectivity index (χ4n) is 3.57. The Labute approximate surface area is 141 Å². The number of nitrogens with zero attached hydrogens (tertiary/aromatic N) is 1. The zero-order chi connectivity index (χ0) is 15.7. The summed E-state index contributed by atoms with van der Waals surface area (Å²) in [5.74, 6) is 0.435. The van der Waals surface area contributed by atoms with Crippen LogP contribution in [-0.2, 0) is 4.79 Å². The van der Waals surface area contributed by atoms with Gasteiger partial charge >= 0.3 is 0 Å². The number of hydrogen-bond donors (Lipinski definition) is 1. The molecule has 3 nitrogen and oxygen atoms in total. The third-order valence-corrected chi connectivity index (χ3v) is 5.69. The van der Waals surface area contributed by atoms with Gasteiger partial charge in [0.2, 0.25) is 5.91 Å². The van der Waals surface area contributed by atoms with Crippen LogP contribution in [0.4, 0.5) is 0 Å². The highest BCUT2D eigenvalue weighted by Gasteiger charge is 2.47. The maximum absolute atomic E-state index is 12.8. The number of hydrogen-bond acceptors (Lipinski definition) is 2. The minimum atomic E-state index is 0.0234. The van der Waals surface area contributed by atoms with Crippen LogP contribution in [0.2, 0.25) is 10.0 Å². The van der Waals surface area contributed by atoms with Crippen molar-refractivity contribution in [3.8, 4) is 0 Å². The standard InChI is InChI=1S/C17H21Cl2NO2/c18-15-6-3-5-12(16(15)19)13-10-14(13)17(22)20-8-2-1-4-11(20)7-9-21/h3,5-6,11,13-14,21H,1-2,4,7-10H2. The number of benzene rings is 1. The average molecular weight is 342 g/mol. The first-order chi connectivity index (χ1) is 10.6. The second-order valence-corrected chi connectivity index (χ2v) is 7.07. The third kappa shape index (κ3) is 3.12. The van der Waals surface area contributed by atoms with Crippen LogP contribution < -0.4 is 0 Å². The van der Waals surface area contributed by atoms with Gasteiger partial charge in [-0.2, -0.15) is 0 Å². The zero-order valence-corrected chi connectivity index (χ0v) is 14.0. The van der Waals surface area contributed by atoms with E-state index >= 15 is 0 Å². The summed E-state index contributed by atoms with van der Waals surface area (Å²) < 4.78 is 0. The molecule has 1 saturated heterocycles. The van der Waals surface area contributed by atoms with Gasteiger partial charge in [0.1, 0.15) is 0 Å². The van der Waals surface area contributed by atoms with E-state index in [0.717, 1.165) is 37.8 Å². The van der Waals surface area contributed by atoms with Crippen LogP contribution in [0.25, 0.3) is 0 Å². The van der Waals surface area contributed by atoms with Gasteiger partial charge < -0.3 is 10.0 Å². The Hall–Kier alpha value is -0.770. The van der Waals surface area contributed by atoms with E-state index in [1.54, 1.807) is 6.07 Å². The minimum Gasteiger partial charge on any atom is -0.396 e. The summed E-state index contributed by atoms with van der Waals surface area (Å²) in [5, 5.41) is 10.3. The molecule has 0 aromatic heterocycles. The van der Waals surface area contributed by atoms with Crippen LogP contribution in [0.15, 0.2) is 18.2 Å². The molecule has 1 aromatic rings. The number of aliphatic hydroxyl groups is 1. The molecular formula is C17H21Cl2NO2. The van der Waals surface area contributed by atoms with Crippen LogP contribution >= 0.6 is 23.2 Å². The lowest BCUT2D eigenvalue weighted by Crippen LogP contribution is -2.45. The second kappa shape index (κ2) is 6.77. The van der Waals surface area contributed by atoms with Gasteiger partial charge in [0.25, 0.3) is 0 Å². The van der Waals surface area contributed by atoms with Gasteiger partial charge in [-0.25, -0.2) is 0 Å². The highest BCUT2D eigenvalue weighted by molar-refractivity contribution is 6.42. The molecule has 0 bridgehead atoms. The summed E-state index contributed by atoms with van der Waals surface area (Å²) in [7, 11) is 0. The van der Waals surface area contributed by atoms with Crippen molar-refractivity contribution < 1.29 is 9.90 Å². The second-order valence-electron chi connectivity index (χ2n) is 6.29. The Bertz CT molecular complexity index is 562. The molecule has 0 spiro atoms. The highest BCUT2D eigenvalue weighted by atomic mass is 35.5. The normalized spacial score (nSPS) is 27.8. The van der Waals surface area contributed by atoms with Gasteiger partial charge in [0.15, 0.2) is 0 Å². The SMILES string of the molecule is O=C(C1CC1c1cccc(Cl)c1Cl)N1CCCCC1CCO. The van der Waals surface area contributed by atoms with Gasteiger partial charge in [-0.05, 0) is 49.7 Å². The van der Waals surface area contributed by atoms with E-state index < -0.39 is 0 Å². The largest absolute Gasteiger partial charge is 0.396 e. The molecular weight excluding hydrogens is 321 g/mol. The molecule has 3 atom stereocenters. The van der Waals surface area contributed by atoms with Crippen molar-refractivity contribution in [1.29, 1.82) is 0 Å². The van der Waals surface area contributed by atoms with E-state index in [4.69, 9.17) is 23.2 Å². The molecule has 3 unspecified atom stereocenters. The summed E-state index contributed by atoms with van der Waals surface area (Å²) in [6.07, 6.45) is 4.73. The number of carbonyl (C=O) groups excluding carboxylic acids is 1. The molecule has 1 heterocycles. The number of rotatable bonds is 4. The molecule has 1 amide bonds. The van der Waals surface area contributed by atoms with Gasteiger partial charge in [-0.15, -0.1) is 0 Å². The Balaban J connectivity index is 1.70. The van der Waals surface area contributed by atoms with E-state index in [1.165, 1.54) is 0 Å². The van der Waals surface area contributed by atoms with E-state index in [9.17, 15) is 9.90 Å². The van der Waals surface area contributed by atoms with E-state index in [0.29, 0.717) is 16.5 Å². The van der Waals surface area contributed by atoms with Crippen LogP contribution in [0.3, 0.4) is 0 Å².